The topological polar surface area (TPSA) is 29.1 Å². The predicted molar refractivity (Wildman–Crippen MR) is 61.6 cm³/mol. The number of carbonyl (C=O) groups excluding carboxylic acids is 1. The Labute approximate surface area is 90.0 Å². The molecule has 0 aliphatic carbocycles. The number of hydrogen-bond acceptors (Lipinski definition) is 2. The van der Waals surface area contributed by atoms with Crippen LogP contribution in [0.2, 0.25) is 0 Å². The van der Waals surface area contributed by atoms with Gasteiger partial charge in [-0.3, -0.25) is 0 Å². The van der Waals surface area contributed by atoms with E-state index in [1.807, 2.05) is 12.2 Å². The highest BCUT2D eigenvalue weighted by Gasteiger charge is 2.07. The van der Waals surface area contributed by atoms with Gasteiger partial charge in [-0.05, 0) is 29.7 Å². The average Bonchev–Trinajstić information content (AvgIpc) is 2.29. The predicted octanol–water partition coefficient (Wildman–Crippen LogP) is 1.93. The molecule has 0 saturated heterocycles. The maximum Gasteiger partial charge on any atom is 0.123 e. The van der Waals surface area contributed by atoms with E-state index < -0.39 is 0 Å². The Balaban J connectivity index is 2.16. The Kier molecular flexibility index (Phi) is 3.30. The maximum absolute atomic E-state index is 10.2. The summed E-state index contributed by atoms with van der Waals surface area (Å²) in [5, 5.41) is 3.35. The summed E-state index contributed by atoms with van der Waals surface area (Å²) in [5.74, 6) is 0. The van der Waals surface area contributed by atoms with Crippen LogP contribution in [0, 0.1) is 0 Å². The van der Waals surface area contributed by atoms with Gasteiger partial charge in [0.05, 0.1) is 0 Å². The van der Waals surface area contributed by atoms with E-state index in [0.29, 0.717) is 6.42 Å². The quantitative estimate of drug-likeness (QED) is 0.757. The lowest BCUT2D eigenvalue weighted by Gasteiger charge is -2.17. The number of hydrogen-bond donors (Lipinski definition) is 1. The van der Waals surface area contributed by atoms with E-state index in [0.717, 1.165) is 25.8 Å². The second kappa shape index (κ2) is 4.89. The number of rotatable bonds is 3. The van der Waals surface area contributed by atoms with Crippen molar-refractivity contribution in [2.75, 3.05) is 6.54 Å². The SMILES string of the molecule is O=CCC=Cc1ccc2c(c1)CCNC2. The summed E-state index contributed by atoms with van der Waals surface area (Å²) < 4.78 is 0. The van der Waals surface area contributed by atoms with E-state index in [1.165, 1.54) is 16.7 Å². The van der Waals surface area contributed by atoms with Gasteiger partial charge < -0.3 is 10.1 Å². The summed E-state index contributed by atoms with van der Waals surface area (Å²) in [6, 6.07) is 6.49. The van der Waals surface area contributed by atoms with Gasteiger partial charge in [0, 0.05) is 13.0 Å². The molecule has 0 aromatic heterocycles. The van der Waals surface area contributed by atoms with Crippen LogP contribution in [0.15, 0.2) is 24.3 Å². The van der Waals surface area contributed by atoms with Crippen LogP contribution < -0.4 is 5.32 Å². The molecule has 0 radical (unpaired) electrons. The van der Waals surface area contributed by atoms with E-state index in [4.69, 9.17) is 0 Å². The van der Waals surface area contributed by atoms with E-state index >= 15 is 0 Å². The highest BCUT2D eigenvalue weighted by Crippen LogP contribution is 2.16. The largest absolute Gasteiger partial charge is 0.312 e. The van der Waals surface area contributed by atoms with Crippen molar-refractivity contribution >= 4 is 12.4 Å². The van der Waals surface area contributed by atoms with Crippen LogP contribution in [0.25, 0.3) is 6.08 Å². The minimum Gasteiger partial charge on any atom is -0.312 e. The van der Waals surface area contributed by atoms with Crippen molar-refractivity contribution in [3.8, 4) is 0 Å². The van der Waals surface area contributed by atoms with Gasteiger partial charge in [-0.25, -0.2) is 0 Å². The lowest BCUT2D eigenvalue weighted by Crippen LogP contribution is -2.23. The minimum absolute atomic E-state index is 0.499. The van der Waals surface area contributed by atoms with Gasteiger partial charge in [0.1, 0.15) is 6.29 Å². The Hall–Kier alpha value is -1.41. The van der Waals surface area contributed by atoms with E-state index in [2.05, 4.69) is 23.5 Å². The molecule has 2 nitrogen and oxygen atoms in total. The Bertz CT molecular complexity index is 382. The molecule has 0 unspecified atom stereocenters. The lowest BCUT2D eigenvalue weighted by atomic mass is 9.98. The summed E-state index contributed by atoms with van der Waals surface area (Å²) in [6.07, 6.45) is 6.43. The molecule has 15 heavy (non-hydrogen) atoms. The van der Waals surface area contributed by atoms with Gasteiger partial charge in [0.2, 0.25) is 0 Å². The molecular weight excluding hydrogens is 186 g/mol. The van der Waals surface area contributed by atoms with Gasteiger partial charge in [-0.1, -0.05) is 30.4 Å². The van der Waals surface area contributed by atoms with Crippen molar-refractivity contribution < 1.29 is 4.79 Å². The highest BCUT2D eigenvalue weighted by molar-refractivity contribution is 5.58. The first-order valence-electron chi connectivity index (χ1n) is 5.33. The van der Waals surface area contributed by atoms with Crippen LogP contribution in [0.4, 0.5) is 0 Å². The number of allylic oxidation sites excluding steroid dienone is 1. The molecule has 1 aliphatic rings. The number of fused-ring (bicyclic) bond motifs is 1. The second-order valence-corrected chi connectivity index (χ2v) is 3.76. The molecule has 1 aromatic rings. The van der Waals surface area contributed by atoms with Crippen LogP contribution in [0.5, 0.6) is 0 Å². The normalized spacial score (nSPS) is 15.2. The summed E-state index contributed by atoms with van der Waals surface area (Å²) in [4.78, 5) is 10.2. The zero-order chi connectivity index (χ0) is 10.5. The number of benzene rings is 1. The molecule has 0 fully saturated rings. The molecule has 0 amide bonds. The zero-order valence-corrected chi connectivity index (χ0v) is 8.70. The van der Waals surface area contributed by atoms with Gasteiger partial charge in [-0.2, -0.15) is 0 Å². The zero-order valence-electron chi connectivity index (χ0n) is 8.70. The first-order chi connectivity index (χ1) is 7.40. The van der Waals surface area contributed by atoms with Crippen LogP contribution >= 0.6 is 0 Å². The highest BCUT2D eigenvalue weighted by atomic mass is 16.1. The number of carbonyl (C=O) groups is 1. The second-order valence-electron chi connectivity index (χ2n) is 3.76. The molecule has 0 bridgehead atoms. The monoisotopic (exact) mass is 201 g/mol. The van der Waals surface area contributed by atoms with Crippen molar-refractivity contribution in [3.63, 3.8) is 0 Å². The van der Waals surface area contributed by atoms with Crippen molar-refractivity contribution in [2.24, 2.45) is 0 Å². The molecule has 2 heteroatoms. The van der Waals surface area contributed by atoms with E-state index in [-0.39, 0.29) is 0 Å². The molecule has 1 N–H and O–H groups in total. The third kappa shape index (κ3) is 2.54. The molecule has 2 rings (SSSR count). The smallest absolute Gasteiger partial charge is 0.123 e. The molecule has 1 aromatic carbocycles. The molecule has 78 valence electrons. The van der Waals surface area contributed by atoms with Crippen molar-refractivity contribution in [1.82, 2.24) is 5.32 Å². The Morgan fingerprint density at radius 3 is 3.13 bits per heavy atom. The lowest BCUT2D eigenvalue weighted by molar-refractivity contribution is -0.107. The number of nitrogens with one attached hydrogen (secondary N) is 1. The van der Waals surface area contributed by atoms with Crippen LogP contribution in [-0.4, -0.2) is 12.8 Å². The summed E-state index contributed by atoms with van der Waals surface area (Å²) in [5.41, 5.74) is 4.02. The van der Waals surface area contributed by atoms with Gasteiger partial charge >= 0.3 is 0 Å². The van der Waals surface area contributed by atoms with Gasteiger partial charge in [0.25, 0.3) is 0 Å². The molecule has 0 saturated carbocycles. The fraction of sp³-hybridized carbons (Fsp3) is 0.308. The third-order valence-corrected chi connectivity index (χ3v) is 2.66. The van der Waals surface area contributed by atoms with E-state index in [9.17, 15) is 4.79 Å². The first kappa shape index (κ1) is 10.1. The third-order valence-electron chi connectivity index (χ3n) is 2.66. The fourth-order valence-electron chi connectivity index (χ4n) is 1.86. The van der Waals surface area contributed by atoms with Crippen LogP contribution in [0.3, 0.4) is 0 Å². The summed E-state index contributed by atoms with van der Waals surface area (Å²) >= 11 is 0. The Morgan fingerprint density at radius 1 is 1.33 bits per heavy atom. The average molecular weight is 201 g/mol. The maximum atomic E-state index is 10.2. The van der Waals surface area contributed by atoms with Gasteiger partial charge in [0.15, 0.2) is 0 Å². The van der Waals surface area contributed by atoms with Crippen molar-refractivity contribution in [3.05, 3.63) is 41.0 Å². The molecule has 0 spiro atoms. The Morgan fingerprint density at radius 2 is 2.27 bits per heavy atom. The van der Waals surface area contributed by atoms with E-state index in [1.54, 1.807) is 0 Å². The summed E-state index contributed by atoms with van der Waals surface area (Å²) in [7, 11) is 0. The molecular formula is C13H15NO. The van der Waals surface area contributed by atoms with Crippen molar-refractivity contribution in [2.45, 2.75) is 19.4 Å². The van der Waals surface area contributed by atoms with Crippen LogP contribution in [-0.2, 0) is 17.8 Å². The molecule has 1 heterocycles. The minimum atomic E-state index is 0.499. The number of aldehydes is 1. The summed E-state index contributed by atoms with van der Waals surface area (Å²) in [6.45, 7) is 2.04. The fourth-order valence-corrected chi connectivity index (χ4v) is 1.86. The van der Waals surface area contributed by atoms with Gasteiger partial charge in [-0.15, -0.1) is 0 Å². The van der Waals surface area contributed by atoms with Crippen LogP contribution in [0.1, 0.15) is 23.1 Å². The molecule has 0 atom stereocenters. The standard InChI is InChI=1S/C13H15NO/c15-8-2-1-3-11-4-5-13-10-14-7-6-12(13)9-11/h1,3-5,8-9,14H,2,6-7,10H2. The van der Waals surface area contributed by atoms with Crippen molar-refractivity contribution in [1.29, 1.82) is 0 Å². The molecule has 1 aliphatic heterocycles. The first-order valence-corrected chi connectivity index (χ1v) is 5.33.